The van der Waals surface area contributed by atoms with Gasteiger partial charge in [0.1, 0.15) is 5.82 Å². The van der Waals surface area contributed by atoms with Crippen molar-refractivity contribution in [3.8, 4) is 0 Å². The van der Waals surface area contributed by atoms with E-state index in [2.05, 4.69) is 11.9 Å². The minimum absolute atomic E-state index is 0.166. The van der Waals surface area contributed by atoms with Crippen LogP contribution in [0.15, 0.2) is 18.2 Å². The van der Waals surface area contributed by atoms with Crippen LogP contribution in [0.2, 0.25) is 5.02 Å². The third-order valence-corrected chi connectivity index (χ3v) is 5.36. The van der Waals surface area contributed by atoms with Gasteiger partial charge in [-0.05, 0) is 57.6 Å². The molecule has 1 aromatic rings. The normalized spacial score (nSPS) is 22.7. The van der Waals surface area contributed by atoms with Crippen LogP contribution in [0.25, 0.3) is 0 Å². The fourth-order valence-electron chi connectivity index (χ4n) is 3.53. The molecule has 24 heavy (non-hydrogen) atoms. The number of hydrogen-bond donors (Lipinski definition) is 0. The fraction of sp³-hybridized carbons (Fsp3) is 0.611. The van der Waals surface area contributed by atoms with E-state index in [4.69, 9.17) is 16.3 Å². The third kappa shape index (κ3) is 4.08. The highest BCUT2D eigenvalue weighted by molar-refractivity contribution is 6.33. The molecule has 0 aromatic heterocycles. The Bertz CT molecular complexity index is 584. The van der Waals surface area contributed by atoms with Gasteiger partial charge in [0, 0.05) is 25.1 Å². The molecule has 2 aliphatic rings. The lowest BCUT2D eigenvalue weighted by Crippen LogP contribution is -2.48. The molecule has 0 saturated carbocycles. The number of amides is 1. The quantitative estimate of drug-likeness (QED) is 0.833. The lowest BCUT2D eigenvalue weighted by atomic mass is 9.99. The summed E-state index contributed by atoms with van der Waals surface area (Å²) in [5, 5.41) is 0.307. The predicted octanol–water partition coefficient (Wildman–Crippen LogP) is 3.05. The van der Waals surface area contributed by atoms with Crippen LogP contribution in [0.1, 0.15) is 29.6 Å². The fourth-order valence-corrected chi connectivity index (χ4v) is 3.72. The number of hydrogen-bond acceptors (Lipinski definition) is 3. The van der Waals surface area contributed by atoms with Crippen LogP contribution in [0.4, 0.5) is 4.39 Å². The first-order chi connectivity index (χ1) is 11.5. The van der Waals surface area contributed by atoms with Crippen LogP contribution >= 0.6 is 11.6 Å². The molecule has 4 nitrogen and oxygen atoms in total. The summed E-state index contributed by atoms with van der Waals surface area (Å²) < 4.78 is 19.1. The largest absolute Gasteiger partial charge is 0.381 e. The average molecular weight is 355 g/mol. The molecule has 0 aliphatic carbocycles. The van der Waals surface area contributed by atoms with Gasteiger partial charge in [0.25, 0.3) is 5.91 Å². The summed E-state index contributed by atoms with van der Waals surface area (Å²) >= 11 is 6.17. The number of carbonyl (C=O) groups excluding carboxylic acids is 1. The van der Waals surface area contributed by atoms with E-state index in [1.807, 2.05) is 4.90 Å². The third-order valence-electron chi connectivity index (χ3n) is 5.03. The van der Waals surface area contributed by atoms with Gasteiger partial charge in [0.05, 0.1) is 17.2 Å². The molecule has 2 fully saturated rings. The lowest BCUT2D eigenvalue weighted by molar-refractivity contribution is 0.0536. The van der Waals surface area contributed by atoms with Gasteiger partial charge in [-0.3, -0.25) is 4.79 Å². The van der Waals surface area contributed by atoms with E-state index in [0.29, 0.717) is 24.1 Å². The topological polar surface area (TPSA) is 32.8 Å². The number of halogens is 2. The van der Waals surface area contributed by atoms with Gasteiger partial charge >= 0.3 is 0 Å². The van der Waals surface area contributed by atoms with E-state index >= 15 is 0 Å². The number of ether oxygens (including phenoxy) is 1. The van der Waals surface area contributed by atoms with Crippen LogP contribution in [-0.4, -0.2) is 61.6 Å². The highest BCUT2D eigenvalue weighted by atomic mass is 35.5. The number of likely N-dealkylation sites (tertiary alicyclic amines) is 1. The molecule has 2 saturated heterocycles. The highest BCUT2D eigenvalue weighted by Crippen LogP contribution is 2.26. The Labute approximate surface area is 147 Å². The molecular formula is C18H24ClFN2O2. The van der Waals surface area contributed by atoms with Gasteiger partial charge in [-0.25, -0.2) is 4.39 Å². The van der Waals surface area contributed by atoms with Crippen LogP contribution in [-0.2, 0) is 4.74 Å². The first-order valence-electron chi connectivity index (χ1n) is 8.57. The maximum absolute atomic E-state index is 13.6. The van der Waals surface area contributed by atoms with Crippen LogP contribution in [0, 0.1) is 11.7 Å². The van der Waals surface area contributed by atoms with E-state index in [1.165, 1.54) is 18.2 Å². The molecule has 1 aromatic carbocycles. The van der Waals surface area contributed by atoms with Crippen LogP contribution in [0.5, 0.6) is 0 Å². The SMILES string of the molecule is CN1CCC(N(CC2CCOC2)C(=O)c2cc(F)ccc2Cl)CC1. The van der Waals surface area contributed by atoms with Crippen LogP contribution in [0.3, 0.4) is 0 Å². The van der Waals surface area contributed by atoms with Crippen molar-refractivity contribution in [2.45, 2.75) is 25.3 Å². The van der Waals surface area contributed by atoms with Crippen molar-refractivity contribution in [3.63, 3.8) is 0 Å². The smallest absolute Gasteiger partial charge is 0.255 e. The van der Waals surface area contributed by atoms with Crippen molar-refractivity contribution in [3.05, 3.63) is 34.6 Å². The van der Waals surface area contributed by atoms with Crippen molar-refractivity contribution in [1.82, 2.24) is 9.80 Å². The minimum atomic E-state index is -0.435. The first kappa shape index (κ1) is 17.6. The average Bonchev–Trinajstić information content (AvgIpc) is 3.08. The summed E-state index contributed by atoms with van der Waals surface area (Å²) in [6.45, 7) is 4.02. The number of nitrogens with zero attached hydrogens (tertiary/aromatic N) is 2. The molecule has 2 aliphatic heterocycles. The zero-order valence-corrected chi connectivity index (χ0v) is 14.8. The molecule has 132 valence electrons. The second-order valence-electron chi connectivity index (χ2n) is 6.85. The standard InChI is InChI=1S/C18H24ClFN2O2/c1-21-7-4-15(5-8-21)22(11-13-6-9-24-12-13)18(23)16-10-14(20)2-3-17(16)19/h2-3,10,13,15H,4-9,11-12H2,1H3. The highest BCUT2D eigenvalue weighted by Gasteiger charge is 2.31. The molecule has 1 amide bonds. The molecule has 1 unspecified atom stereocenters. The molecule has 0 bridgehead atoms. The van der Waals surface area contributed by atoms with Gasteiger partial charge in [-0.2, -0.15) is 0 Å². The van der Waals surface area contributed by atoms with E-state index in [1.54, 1.807) is 0 Å². The van der Waals surface area contributed by atoms with Gasteiger partial charge < -0.3 is 14.5 Å². The maximum atomic E-state index is 13.6. The molecular weight excluding hydrogens is 331 g/mol. The molecule has 1 atom stereocenters. The Kier molecular flexibility index (Phi) is 5.74. The number of piperidine rings is 1. The van der Waals surface area contributed by atoms with E-state index < -0.39 is 5.82 Å². The van der Waals surface area contributed by atoms with Gasteiger partial charge in [0.15, 0.2) is 0 Å². The van der Waals surface area contributed by atoms with E-state index in [-0.39, 0.29) is 17.5 Å². The van der Waals surface area contributed by atoms with E-state index in [9.17, 15) is 9.18 Å². The van der Waals surface area contributed by atoms with Crippen molar-refractivity contribution in [1.29, 1.82) is 0 Å². The zero-order valence-electron chi connectivity index (χ0n) is 14.0. The lowest BCUT2D eigenvalue weighted by Gasteiger charge is -2.38. The van der Waals surface area contributed by atoms with E-state index in [0.717, 1.165) is 39.0 Å². The van der Waals surface area contributed by atoms with Crippen LogP contribution < -0.4 is 0 Å². The Morgan fingerprint density at radius 1 is 1.38 bits per heavy atom. The Morgan fingerprint density at radius 2 is 2.12 bits per heavy atom. The van der Waals surface area contributed by atoms with Crippen molar-refractivity contribution < 1.29 is 13.9 Å². The Morgan fingerprint density at radius 3 is 2.79 bits per heavy atom. The number of rotatable bonds is 4. The summed E-state index contributed by atoms with van der Waals surface area (Å²) in [4.78, 5) is 17.3. The maximum Gasteiger partial charge on any atom is 0.255 e. The number of carbonyl (C=O) groups is 1. The Balaban J connectivity index is 1.82. The second kappa shape index (κ2) is 7.81. The van der Waals surface area contributed by atoms with Gasteiger partial charge in [-0.1, -0.05) is 11.6 Å². The summed E-state index contributed by atoms with van der Waals surface area (Å²) in [5.41, 5.74) is 0.259. The molecule has 2 heterocycles. The van der Waals surface area contributed by atoms with Gasteiger partial charge in [0.2, 0.25) is 0 Å². The van der Waals surface area contributed by atoms with Crippen molar-refractivity contribution >= 4 is 17.5 Å². The summed E-state index contributed by atoms with van der Waals surface area (Å²) in [6.07, 6.45) is 2.83. The molecule has 6 heteroatoms. The predicted molar refractivity (Wildman–Crippen MR) is 91.9 cm³/mol. The zero-order chi connectivity index (χ0) is 17.1. The minimum Gasteiger partial charge on any atom is -0.381 e. The van der Waals surface area contributed by atoms with Gasteiger partial charge in [-0.15, -0.1) is 0 Å². The molecule has 3 rings (SSSR count). The summed E-state index contributed by atoms with van der Waals surface area (Å²) in [6, 6.07) is 4.16. The summed E-state index contributed by atoms with van der Waals surface area (Å²) in [7, 11) is 2.09. The van der Waals surface area contributed by atoms with Crippen molar-refractivity contribution in [2.24, 2.45) is 5.92 Å². The summed E-state index contributed by atoms with van der Waals surface area (Å²) in [5.74, 6) is -0.253. The molecule has 0 N–H and O–H groups in total. The number of benzene rings is 1. The second-order valence-corrected chi connectivity index (χ2v) is 7.25. The Hall–Kier alpha value is -1.17. The monoisotopic (exact) mass is 354 g/mol. The molecule has 0 spiro atoms. The van der Waals surface area contributed by atoms with Crippen molar-refractivity contribution in [2.75, 3.05) is 39.9 Å². The molecule has 0 radical (unpaired) electrons. The first-order valence-corrected chi connectivity index (χ1v) is 8.94.